The van der Waals surface area contributed by atoms with Crippen LogP contribution in [0.3, 0.4) is 0 Å². The van der Waals surface area contributed by atoms with Crippen molar-refractivity contribution in [1.29, 1.82) is 0 Å². The lowest BCUT2D eigenvalue weighted by Crippen LogP contribution is -2.22. The molecule has 0 aliphatic carbocycles. The highest BCUT2D eigenvalue weighted by atomic mass is 32.2. The van der Waals surface area contributed by atoms with E-state index in [-0.39, 0.29) is 11.2 Å². The van der Waals surface area contributed by atoms with Gasteiger partial charge in [-0.1, -0.05) is 42.1 Å². The summed E-state index contributed by atoms with van der Waals surface area (Å²) in [6.07, 6.45) is 0. The molecule has 1 unspecified atom stereocenters. The van der Waals surface area contributed by atoms with E-state index in [1.54, 1.807) is 32.4 Å². The molecule has 5 nitrogen and oxygen atoms in total. The molecule has 1 amide bonds. The minimum Gasteiger partial charge on any atom is -0.497 e. The summed E-state index contributed by atoms with van der Waals surface area (Å²) in [5, 5.41) is 4.60. The van der Waals surface area contributed by atoms with Gasteiger partial charge in [0.2, 0.25) is 5.91 Å². The van der Waals surface area contributed by atoms with Crippen LogP contribution in [0.2, 0.25) is 0 Å². The third-order valence-electron chi connectivity index (χ3n) is 3.86. The van der Waals surface area contributed by atoms with Crippen LogP contribution in [0, 0.1) is 0 Å². The number of ether oxygens (including phenoxy) is 2. The first-order valence-corrected chi connectivity index (χ1v) is 10.1. The molecule has 1 N–H and O–H groups in total. The summed E-state index contributed by atoms with van der Waals surface area (Å²) >= 11 is 2.97. The van der Waals surface area contributed by atoms with Gasteiger partial charge < -0.3 is 14.8 Å². The fourth-order valence-electron chi connectivity index (χ4n) is 2.40. The first kappa shape index (κ1) is 19.3. The van der Waals surface area contributed by atoms with Crippen molar-refractivity contribution in [3.8, 4) is 22.8 Å². The third-order valence-corrected chi connectivity index (χ3v) is 5.94. The molecular formula is C20H20N2O3S2. The minimum atomic E-state index is -0.310. The second-order valence-electron chi connectivity index (χ2n) is 5.68. The van der Waals surface area contributed by atoms with E-state index in [4.69, 9.17) is 9.47 Å². The number of hydrogen-bond donors (Lipinski definition) is 1. The van der Waals surface area contributed by atoms with Gasteiger partial charge in [-0.2, -0.15) is 0 Å². The first-order chi connectivity index (χ1) is 13.1. The van der Waals surface area contributed by atoms with Gasteiger partial charge >= 0.3 is 0 Å². The van der Waals surface area contributed by atoms with Gasteiger partial charge in [0, 0.05) is 17.0 Å². The number of benzene rings is 2. The van der Waals surface area contributed by atoms with Crippen LogP contribution >= 0.6 is 23.1 Å². The van der Waals surface area contributed by atoms with Crippen LogP contribution in [-0.4, -0.2) is 30.4 Å². The van der Waals surface area contributed by atoms with Crippen molar-refractivity contribution in [3.63, 3.8) is 0 Å². The number of amides is 1. The van der Waals surface area contributed by atoms with Crippen LogP contribution in [0.15, 0.2) is 58.3 Å². The van der Waals surface area contributed by atoms with Gasteiger partial charge in [0.15, 0.2) is 4.34 Å². The number of nitrogens with one attached hydrogen (secondary N) is 1. The summed E-state index contributed by atoms with van der Waals surface area (Å²) in [5.41, 5.74) is 2.57. The summed E-state index contributed by atoms with van der Waals surface area (Å²) in [5.74, 6) is 1.11. The maximum atomic E-state index is 12.6. The lowest BCUT2D eigenvalue weighted by Gasteiger charge is -2.14. The largest absolute Gasteiger partial charge is 0.497 e. The topological polar surface area (TPSA) is 60.5 Å². The summed E-state index contributed by atoms with van der Waals surface area (Å²) in [6.45, 7) is 1.86. The van der Waals surface area contributed by atoms with E-state index in [0.717, 1.165) is 15.6 Å². The molecule has 140 valence electrons. The Morgan fingerprint density at radius 3 is 2.63 bits per heavy atom. The highest BCUT2D eigenvalue weighted by Gasteiger charge is 2.18. The SMILES string of the molecule is COc1ccc(OC)c(NC(=O)C(C)Sc2nc(-c3ccccc3)cs2)c1. The molecule has 1 atom stereocenters. The van der Waals surface area contributed by atoms with Crippen LogP contribution < -0.4 is 14.8 Å². The molecule has 3 rings (SSSR count). The van der Waals surface area contributed by atoms with E-state index < -0.39 is 0 Å². The Morgan fingerprint density at radius 1 is 1.15 bits per heavy atom. The lowest BCUT2D eigenvalue weighted by molar-refractivity contribution is -0.115. The van der Waals surface area contributed by atoms with Gasteiger partial charge in [-0.25, -0.2) is 4.98 Å². The van der Waals surface area contributed by atoms with Gasteiger partial charge in [0.05, 0.1) is 30.9 Å². The maximum Gasteiger partial charge on any atom is 0.237 e. The molecule has 0 saturated carbocycles. The standard InChI is InChI=1S/C20H20N2O3S2/c1-13(19(23)21-16-11-15(24-2)9-10-18(16)25-3)27-20-22-17(12-26-20)14-7-5-4-6-8-14/h4-13H,1-3H3,(H,21,23). The van der Waals surface area contributed by atoms with Gasteiger partial charge in [-0.05, 0) is 19.1 Å². The van der Waals surface area contributed by atoms with Crippen molar-refractivity contribution in [3.05, 3.63) is 53.9 Å². The Hall–Kier alpha value is -2.51. The molecular weight excluding hydrogens is 380 g/mol. The maximum absolute atomic E-state index is 12.6. The molecule has 0 fully saturated rings. The number of thioether (sulfide) groups is 1. The summed E-state index contributed by atoms with van der Waals surface area (Å²) < 4.78 is 11.4. The van der Waals surface area contributed by atoms with Gasteiger partial charge in [0.25, 0.3) is 0 Å². The Bertz CT molecular complexity index is 913. The summed E-state index contributed by atoms with van der Waals surface area (Å²) in [6, 6.07) is 15.3. The number of rotatable bonds is 7. The van der Waals surface area contributed by atoms with E-state index >= 15 is 0 Å². The van der Waals surface area contributed by atoms with E-state index in [1.165, 1.54) is 23.1 Å². The molecule has 0 radical (unpaired) electrons. The fourth-order valence-corrected chi connectivity index (χ4v) is 4.38. The second-order valence-corrected chi connectivity index (χ2v) is 8.13. The summed E-state index contributed by atoms with van der Waals surface area (Å²) in [4.78, 5) is 17.2. The zero-order valence-electron chi connectivity index (χ0n) is 15.3. The van der Waals surface area contributed by atoms with E-state index in [1.807, 2.05) is 42.6 Å². The summed E-state index contributed by atoms with van der Waals surface area (Å²) in [7, 11) is 3.15. The van der Waals surface area contributed by atoms with Crippen molar-refractivity contribution in [2.75, 3.05) is 19.5 Å². The van der Waals surface area contributed by atoms with Crippen molar-refractivity contribution >= 4 is 34.7 Å². The Morgan fingerprint density at radius 2 is 1.93 bits per heavy atom. The molecule has 1 aromatic heterocycles. The number of methoxy groups -OCH3 is 2. The first-order valence-electron chi connectivity index (χ1n) is 8.31. The minimum absolute atomic E-state index is 0.122. The zero-order valence-corrected chi connectivity index (χ0v) is 16.9. The van der Waals surface area contributed by atoms with E-state index in [9.17, 15) is 4.79 Å². The third kappa shape index (κ3) is 4.81. The number of anilines is 1. The number of aromatic nitrogens is 1. The Balaban J connectivity index is 1.67. The Kier molecular flexibility index (Phi) is 6.36. The number of nitrogens with zero attached hydrogens (tertiary/aromatic N) is 1. The predicted molar refractivity (Wildman–Crippen MR) is 111 cm³/mol. The molecule has 0 aliphatic heterocycles. The molecule has 7 heteroatoms. The van der Waals surface area contributed by atoms with Crippen LogP contribution in [-0.2, 0) is 4.79 Å². The molecule has 3 aromatic rings. The van der Waals surface area contributed by atoms with Crippen molar-refractivity contribution < 1.29 is 14.3 Å². The number of carbonyl (C=O) groups excluding carboxylic acids is 1. The number of carbonyl (C=O) groups is 1. The van der Waals surface area contributed by atoms with Crippen LogP contribution in [0.4, 0.5) is 5.69 Å². The second kappa shape index (κ2) is 8.92. The quantitative estimate of drug-likeness (QED) is 0.569. The average Bonchev–Trinajstić information content (AvgIpc) is 3.17. The molecule has 0 saturated heterocycles. The lowest BCUT2D eigenvalue weighted by atomic mass is 10.2. The van der Waals surface area contributed by atoms with Crippen LogP contribution in [0.1, 0.15) is 6.92 Å². The highest BCUT2D eigenvalue weighted by Crippen LogP contribution is 2.33. The normalized spacial score (nSPS) is 11.7. The Labute approximate surface area is 166 Å². The monoisotopic (exact) mass is 400 g/mol. The van der Waals surface area contributed by atoms with E-state index in [0.29, 0.717) is 17.2 Å². The molecule has 0 bridgehead atoms. The van der Waals surface area contributed by atoms with Crippen molar-refractivity contribution in [2.45, 2.75) is 16.5 Å². The smallest absolute Gasteiger partial charge is 0.237 e. The van der Waals surface area contributed by atoms with Crippen molar-refractivity contribution in [1.82, 2.24) is 4.98 Å². The van der Waals surface area contributed by atoms with Crippen LogP contribution in [0.5, 0.6) is 11.5 Å². The van der Waals surface area contributed by atoms with Gasteiger partial charge in [-0.15, -0.1) is 11.3 Å². The fraction of sp³-hybridized carbons (Fsp3) is 0.200. The van der Waals surface area contributed by atoms with Gasteiger partial charge in [-0.3, -0.25) is 4.79 Å². The van der Waals surface area contributed by atoms with Crippen molar-refractivity contribution in [2.24, 2.45) is 0 Å². The average molecular weight is 401 g/mol. The molecule has 0 spiro atoms. The molecule has 27 heavy (non-hydrogen) atoms. The van der Waals surface area contributed by atoms with E-state index in [2.05, 4.69) is 10.3 Å². The van der Waals surface area contributed by atoms with Gasteiger partial charge in [0.1, 0.15) is 11.5 Å². The molecule has 2 aromatic carbocycles. The number of hydrogen-bond acceptors (Lipinski definition) is 6. The predicted octanol–water partition coefficient (Wildman–Crippen LogP) is 4.95. The van der Waals surface area contributed by atoms with Crippen LogP contribution in [0.25, 0.3) is 11.3 Å². The highest BCUT2D eigenvalue weighted by molar-refractivity contribution is 8.02. The zero-order chi connectivity index (χ0) is 19.2. The number of thiazole rings is 1. The molecule has 1 heterocycles. The molecule has 0 aliphatic rings.